The fourth-order valence-electron chi connectivity index (χ4n) is 0.806. The molecule has 1 N–H and O–H groups in total. The van der Waals surface area contributed by atoms with Crippen LogP contribution in [0.25, 0.3) is 0 Å². The lowest BCUT2D eigenvalue weighted by Crippen LogP contribution is -1.89. The van der Waals surface area contributed by atoms with E-state index in [0.717, 1.165) is 6.61 Å². The molecule has 0 bridgehead atoms. The normalized spacial score (nSPS) is 9.73. The van der Waals surface area contributed by atoms with Crippen LogP contribution in [0.5, 0.6) is 5.75 Å². The molecule has 2 nitrogen and oxygen atoms in total. The standard InChI is InChI=1S/C8H8ClO2/c1-11-8-3-2-7(9)4-6(8)5-10/h2-5,10H,1H3. The van der Waals surface area contributed by atoms with Crippen LogP contribution in [0.3, 0.4) is 0 Å². The number of aliphatic hydroxyl groups is 1. The molecule has 0 spiro atoms. The van der Waals surface area contributed by atoms with Crippen LogP contribution in [0.15, 0.2) is 18.2 Å². The first-order valence-corrected chi connectivity index (χ1v) is 3.46. The topological polar surface area (TPSA) is 29.5 Å². The maximum atomic E-state index is 8.71. The lowest BCUT2D eigenvalue weighted by molar-refractivity contribution is 0.384. The van der Waals surface area contributed by atoms with Gasteiger partial charge in [0.1, 0.15) is 12.4 Å². The zero-order valence-corrected chi connectivity index (χ0v) is 6.80. The first-order chi connectivity index (χ1) is 5.27. The molecule has 0 aliphatic heterocycles. The Bertz CT molecular complexity index is 248. The van der Waals surface area contributed by atoms with E-state index in [-0.39, 0.29) is 0 Å². The van der Waals surface area contributed by atoms with Crippen molar-refractivity contribution in [3.05, 3.63) is 35.4 Å². The summed E-state index contributed by atoms with van der Waals surface area (Å²) in [5, 5.41) is 9.29. The van der Waals surface area contributed by atoms with E-state index < -0.39 is 0 Å². The van der Waals surface area contributed by atoms with E-state index in [1.165, 1.54) is 7.11 Å². The molecule has 11 heavy (non-hydrogen) atoms. The molecule has 0 amide bonds. The molecule has 59 valence electrons. The summed E-state index contributed by atoms with van der Waals surface area (Å²) in [6.07, 6.45) is 0. The third-order valence-corrected chi connectivity index (χ3v) is 1.57. The fourth-order valence-corrected chi connectivity index (χ4v) is 0.987. The monoisotopic (exact) mass is 171 g/mol. The third kappa shape index (κ3) is 1.85. The Labute approximate surface area is 70.4 Å². The van der Waals surface area contributed by atoms with Gasteiger partial charge in [-0.3, -0.25) is 0 Å². The molecule has 0 fully saturated rings. The van der Waals surface area contributed by atoms with Crippen LogP contribution >= 0.6 is 11.6 Å². The van der Waals surface area contributed by atoms with Crippen molar-refractivity contribution in [2.75, 3.05) is 7.11 Å². The van der Waals surface area contributed by atoms with Crippen molar-refractivity contribution in [1.82, 2.24) is 0 Å². The molecular formula is C8H8ClO2. The van der Waals surface area contributed by atoms with Crippen molar-refractivity contribution < 1.29 is 9.84 Å². The van der Waals surface area contributed by atoms with E-state index in [4.69, 9.17) is 21.4 Å². The molecule has 0 aliphatic carbocycles. The first kappa shape index (κ1) is 8.37. The van der Waals surface area contributed by atoms with E-state index in [1.54, 1.807) is 18.2 Å². The summed E-state index contributed by atoms with van der Waals surface area (Å²) in [5.74, 6) is 0.608. The highest BCUT2D eigenvalue weighted by Gasteiger charge is 2.01. The van der Waals surface area contributed by atoms with Gasteiger partial charge in [0.05, 0.1) is 7.11 Å². The van der Waals surface area contributed by atoms with Gasteiger partial charge in [0.15, 0.2) is 0 Å². The van der Waals surface area contributed by atoms with Gasteiger partial charge < -0.3 is 9.84 Å². The largest absolute Gasteiger partial charge is 0.496 e. The Morgan fingerprint density at radius 1 is 1.55 bits per heavy atom. The second-order valence-corrected chi connectivity index (χ2v) is 2.45. The van der Waals surface area contributed by atoms with Gasteiger partial charge >= 0.3 is 0 Å². The minimum atomic E-state index is 0.575. The van der Waals surface area contributed by atoms with Crippen molar-refractivity contribution in [1.29, 1.82) is 0 Å². The van der Waals surface area contributed by atoms with Crippen molar-refractivity contribution in [2.45, 2.75) is 0 Å². The first-order valence-electron chi connectivity index (χ1n) is 3.09. The van der Waals surface area contributed by atoms with Gasteiger partial charge in [0, 0.05) is 10.6 Å². The summed E-state index contributed by atoms with van der Waals surface area (Å²) >= 11 is 5.67. The molecular weight excluding hydrogens is 164 g/mol. The summed E-state index contributed by atoms with van der Waals surface area (Å²) in [6.45, 7) is 0.963. The Morgan fingerprint density at radius 2 is 2.27 bits per heavy atom. The van der Waals surface area contributed by atoms with Gasteiger partial charge in [-0.25, -0.2) is 0 Å². The van der Waals surface area contributed by atoms with Crippen LogP contribution in [0.1, 0.15) is 5.56 Å². The van der Waals surface area contributed by atoms with Gasteiger partial charge in [0.2, 0.25) is 0 Å². The Kier molecular flexibility index (Phi) is 2.74. The molecule has 3 heteroatoms. The van der Waals surface area contributed by atoms with E-state index in [9.17, 15) is 0 Å². The number of methoxy groups -OCH3 is 1. The predicted octanol–water partition coefficient (Wildman–Crippen LogP) is 2.23. The number of hydrogen-bond acceptors (Lipinski definition) is 2. The zero-order valence-electron chi connectivity index (χ0n) is 6.04. The van der Waals surface area contributed by atoms with Gasteiger partial charge in [-0.2, -0.15) is 0 Å². The van der Waals surface area contributed by atoms with Crippen LogP contribution in [0.4, 0.5) is 0 Å². The second-order valence-electron chi connectivity index (χ2n) is 2.02. The molecule has 0 unspecified atom stereocenters. The maximum absolute atomic E-state index is 8.71. The minimum Gasteiger partial charge on any atom is -0.496 e. The quantitative estimate of drug-likeness (QED) is 0.740. The summed E-state index contributed by atoms with van der Waals surface area (Å²) in [6, 6.07) is 5.03. The van der Waals surface area contributed by atoms with Gasteiger partial charge in [-0.05, 0) is 18.2 Å². The van der Waals surface area contributed by atoms with Gasteiger partial charge in [0.25, 0.3) is 0 Å². The van der Waals surface area contributed by atoms with Crippen LogP contribution in [0, 0.1) is 6.61 Å². The van der Waals surface area contributed by atoms with E-state index in [2.05, 4.69) is 0 Å². The SMILES string of the molecule is COc1ccc(Cl)cc1[CH]O. The summed E-state index contributed by atoms with van der Waals surface area (Å²) in [5.41, 5.74) is 0.583. The lowest BCUT2D eigenvalue weighted by Gasteiger charge is -2.04. The number of halogens is 1. The molecule has 1 aromatic rings. The summed E-state index contributed by atoms with van der Waals surface area (Å²) in [7, 11) is 1.54. The highest BCUT2D eigenvalue weighted by atomic mass is 35.5. The summed E-state index contributed by atoms with van der Waals surface area (Å²) in [4.78, 5) is 0. The third-order valence-electron chi connectivity index (χ3n) is 1.33. The van der Waals surface area contributed by atoms with Gasteiger partial charge in [-0.15, -0.1) is 0 Å². The fraction of sp³-hybridized carbons (Fsp3) is 0.125. The van der Waals surface area contributed by atoms with E-state index in [0.29, 0.717) is 16.3 Å². The molecule has 1 radical (unpaired) electrons. The maximum Gasteiger partial charge on any atom is 0.124 e. The lowest BCUT2D eigenvalue weighted by atomic mass is 10.2. The molecule has 0 atom stereocenters. The van der Waals surface area contributed by atoms with Crippen LogP contribution in [-0.2, 0) is 0 Å². The molecule has 1 aromatic carbocycles. The van der Waals surface area contributed by atoms with E-state index in [1.807, 2.05) is 0 Å². The molecule has 0 aliphatic rings. The Morgan fingerprint density at radius 3 is 2.82 bits per heavy atom. The van der Waals surface area contributed by atoms with Crippen molar-refractivity contribution >= 4 is 11.6 Å². The van der Waals surface area contributed by atoms with Crippen LogP contribution < -0.4 is 4.74 Å². The number of aliphatic hydroxyl groups excluding tert-OH is 1. The predicted molar refractivity (Wildman–Crippen MR) is 43.3 cm³/mol. The van der Waals surface area contributed by atoms with Gasteiger partial charge in [-0.1, -0.05) is 11.6 Å². The molecule has 0 aromatic heterocycles. The highest BCUT2D eigenvalue weighted by Crippen LogP contribution is 2.22. The van der Waals surface area contributed by atoms with Crippen molar-refractivity contribution in [2.24, 2.45) is 0 Å². The summed E-state index contributed by atoms with van der Waals surface area (Å²) < 4.78 is 4.94. The average Bonchev–Trinajstić information content (AvgIpc) is 2.04. The molecule has 1 rings (SSSR count). The van der Waals surface area contributed by atoms with Crippen molar-refractivity contribution in [3.8, 4) is 5.75 Å². The van der Waals surface area contributed by atoms with Crippen LogP contribution in [-0.4, -0.2) is 12.2 Å². The number of ether oxygens (including phenoxy) is 1. The average molecular weight is 172 g/mol. The smallest absolute Gasteiger partial charge is 0.124 e. The molecule has 0 saturated heterocycles. The number of hydrogen-bond donors (Lipinski definition) is 1. The molecule has 0 heterocycles. The molecule has 0 saturated carbocycles. The van der Waals surface area contributed by atoms with E-state index >= 15 is 0 Å². The van der Waals surface area contributed by atoms with Crippen molar-refractivity contribution in [3.63, 3.8) is 0 Å². The Balaban J connectivity index is 3.06. The zero-order chi connectivity index (χ0) is 8.27. The Hall–Kier alpha value is -0.730. The van der Waals surface area contributed by atoms with Crippen LogP contribution in [0.2, 0.25) is 5.02 Å². The highest BCUT2D eigenvalue weighted by molar-refractivity contribution is 6.30. The minimum absolute atomic E-state index is 0.575. The number of benzene rings is 1. The number of rotatable bonds is 2. The second kappa shape index (κ2) is 3.60.